The molecule has 6 nitrogen and oxygen atoms in total. The highest BCUT2D eigenvalue weighted by Gasteiger charge is 2.39. The van der Waals surface area contributed by atoms with Crippen molar-refractivity contribution in [3.8, 4) is 0 Å². The van der Waals surface area contributed by atoms with E-state index in [1.165, 1.54) is 7.11 Å². The Labute approximate surface area is 176 Å². The second kappa shape index (κ2) is 10.6. The lowest BCUT2D eigenvalue weighted by molar-refractivity contribution is -0.140. The fourth-order valence-corrected chi connectivity index (χ4v) is 4.02. The topological polar surface area (TPSA) is 100 Å². The van der Waals surface area contributed by atoms with Gasteiger partial charge in [0.25, 0.3) is 0 Å². The van der Waals surface area contributed by atoms with E-state index >= 15 is 0 Å². The number of benzene rings is 1. The van der Waals surface area contributed by atoms with Crippen molar-refractivity contribution in [3.05, 3.63) is 60.4 Å². The molecule has 0 unspecified atom stereocenters. The van der Waals surface area contributed by atoms with Crippen molar-refractivity contribution in [3.63, 3.8) is 0 Å². The van der Waals surface area contributed by atoms with Crippen LogP contribution in [-0.4, -0.2) is 40.6 Å². The van der Waals surface area contributed by atoms with E-state index in [2.05, 4.69) is 4.74 Å². The monoisotopic (exact) mass is 414 g/mol. The van der Waals surface area contributed by atoms with E-state index in [1.807, 2.05) is 36.4 Å². The number of allylic oxidation sites excluding steroid dienone is 2. The predicted octanol–water partition coefficient (Wildman–Crippen LogP) is 3.67. The number of esters is 1. The first-order valence-electron chi connectivity index (χ1n) is 10.4. The molecule has 1 fully saturated rings. The maximum Gasteiger partial charge on any atom is 0.305 e. The fourth-order valence-electron chi connectivity index (χ4n) is 4.02. The molecule has 2 aromatic rings. The van der Waals surface area contributed by atoms with Gasteiger partial charge in [-0.3, -0.25) is 4.79 Å². The molecule has 1 saturated carbocycles. The van der Waals surface area contributed by atoms with Crippen LogP contribution in [0.3, 0.4) is 0 Å². The molecule has 1 aliphatic rings. The summed E-state index contributed by atoms with van der Waals surface area (Å²) in [7, 11) is 1.38. The van der Waals surface area contributed by atoms with E-state index in [0.717, 1.165) is 11.8 Å². The van der Waals surface area contributed by atoms with Crippen LogP contribution in [0.15, 0.2) is 59.1 Å². The largest absolute Gasteiger partial charge is 0.469 e. The molecule has 3 N–H and O–H groups in total. The molecule has 0 radical (unpaired) electrons. The zero-order chi connectivity index (χ0) is 21.5. The van der Waals surface area contributed by atoms with Gasteiger partial charge in [-0.1, -0.05) is 42.5 Å². The van der Waals surface area contributed by atoms with Gasteiger partial charge in [0.15, 0.2) is 0 Å². The molecular formula is C24H30O6. The Balaban J connectivity index is 1.57. The summed E-state index contributed by atoms with van der Waals surface area (Å²) < 4.78 is 10.3. The quantitative estimate of drug-likeness (QED) is 0.329. The Hall–Kier alpha value is -2.41. The summed E-state index contributed by atoms with van der Waals surface area (Å²) in [5.41, 5.74) is 0.714. The van der Waals surface area contributed by atoms with Gasteiger partial charge in [0.05, 0.1) is 19.3 Å². The van der Waals surface area contributed by atoms with E-state index in [9.17, 15) is 20.1 Å². The molecule has 1 aromatic carbocycles. The number of aliphatic hydroxyl groups is 3. The van der Waals surface area contributed by atoms with Crippen molar-refractivity contribution in [1.82, 2.24) is 0 Å². The maximum absolute atomic E-state index is 11.1. The molecule has 1 aliphatic carbocycles. The van der Waals surface area contributed by atoms with Crippen LogP contribution in [0.2, 0.25) is 0 Å². The third-order valence-corrected chi connectivity index (χ3v) is 5.72. The third-order valence-electron chi connectivity index (χ3n) is 5.72. The summed E-state index contributed by atoms with van der Waals surface area (Å²) in [5.74, 6) is -0.150. The molecule has 0 spiro atoms. The lowest BCUT2D eigenvalue weighted by Crippen LogP contribution is -2.20. The first kappa shape index (κ1) is 22.3. The molecule has 1 aromatic heterocycles. The molecule has 5 atom stereocenters. The number of carbonyl (C=O) groups excluding carboxylic acids is 1. The van der Waals surface area contributed by atoms with Crippen molar-refractivity contribution in [2.45, 2.75) is 50.4 Å². The van der Waals surface area contributed by atoms with E-state index in [-0.39, 0.29) is 17.8 Å². The number of hydrogen-bond donors (Lipinski definition) is 3. The van der Waals surface area contributed by atoms with Crippen molar-refractivity contribution in [2.24, 2.45) is 11.8 Å². The standard InChI is InChI=1S/C24H30O6/c1-29-24(28)11-5-3-2-4-9-17-18(21(27)15-20(17)26)12-13-19(25)23-14-16-8-6-7-10-22(16)30-23/h2,4,6-8,10,12-14,17-21,25-27H,3,5,9,11,15H2,1H3/b4-2-,13-12+/t17-,18-,19-,20+,21-/m1/s1. The average Bonchev–Trinajstić information content (AvgIpc) is 3.29. The van der Waals surface area contributed by atoms with Crippen molar-refractivity contribution in [2.75, 3.05) is 7.11 Å². The van der Waals surface area contributed by atoms with E-state index in [4.69, 9.17) is 4.42 Å². The van der Waals surface area contributed by atoms with Gasteiger partial charge in [0.1, 0.15) is 17.4 Å². The molecule has 30 heavy (non-hydrogen) atoms. The second-order valence-corrected chi connectivity index (χ2v) is 7.80. The molecule has 162 valence electrons. The number of fused-ring (bicyclic) bond motifs is 1. The molecule has 0 amide bonds. The van der Waals surface area contributed by atoms with Crippen LogP contribution >= 0.6 is 0 Å². The highest BCUT2D eigenvalue weighted by atomic mass is 16.5. The summed E-state index contributed by atoms with van der Waals surface area (Å²) in [6, 6.07) is 9.36. The van der Waals surface area contributed by atoms with E-state index in [0.29, 0.717) is 37.0 Å². The van der Waals surface area contributed by atoms with Crippen LogP contribution < -0.4 is 0 Å². The first-order chi connectivity index (χ1) is 14.5. The van der Waals surface area contributed by atoms with Crippen LogP contribution in [0.4, 0.5) is 0 Å². The molecule has 0 bridgehead atoms. The number of carbonyl (C=O) groups is 1. The van der Waals surface area contributed by atoms with E-state index in [1.54, 1.807) is 18.2 Å². The SMILES string of the molecule is COC(=O)CCC/C=C\C[C@@H]1[C@@H](/C=C/[C@@H](O)c2cc3ccccc3o2)[C@H](O)C[C@@H]1O. The number of para-hydroxylation sites is 1. The van der Waals surface area contributed by atoms with Crippen molar-refractivity contribution >= 4 is 16.9 Å². The van der Waals surface area contributed by atoms with Gasteiger partial charge >= 0.3 is 5.97 Å². The summed E-state index contributed by atoms with van der Waals surface area (Å²) in [6.45, 7) is 0. The number of rotatable bonds is 9. The third kappa shape index (κ3) is 5.59. The number of unbranched alkanes of at least 4 members (excludes halogenated alkanes) is 1. The highest BCUT2D eigenvalue weighted by molar-refractivity contribution is 5.77. The molecular weight excluding hydrogens is 384 g/mol. The molecule has 1 heterocycles. The summed E-state index contributed by atoms with van der Waals surface area (Å²) in [5, 5.41) is 32.1. The fraction of sp³-hybridized carbons (Fsp3) is 0.458. The van der Waals surface area contributed by atoms with Gasteiger partial charge in [0.2, 0.25) is 0 Å². The predicted molar refractivity (Wildman–Crippen MR) is 114 cm³/mol. The minimum absolute atomic E-state index is 0.129. The lowest BCUT2D eigenvalue weighted by Gasteiger charge is -2.19. The maximum atomic E-state index is 11.1. The number of methoxy groups -OCH3 is 1. The summed E-state index contributed by atoms with van der Waals surface area (Å²) in [4.78, 5) is 11.1. The number of aliphatic hydroxyl groups excluding tert-OH is 3. The smallest absolute Gasteiger partial charge is 0.305 e. The van der Waals surface area contributed by atoms with Crippen molar-refractivity contribution in [1.29, 1.82) is 0 Å². The molecule has 3 rings (SSSR count). The summed E-state index contributed by atoms with van der Waals surface area (Å²) >= 11 is 0. The highest BCUT2D eigenvalue weighted by Crippen LogP contribution is 2.37. The lowest BCUT2D eigenvalue weighted by atomic mass is 9.89. The van der Waals surface area contributed by atoms with Gasteiger partial charge in [-0.15, -0.1) is 0 Å². The molecule has 6 heteroatoms. The minimum Gasteiger partial charge on any atom is -0.469 e. The number of furan rings is 1. The van der Waals surface area contributed by atoms with Crippen LogP contribution in [0.25, 0.3) is 11.0 Å². The van der Waals surface area contributed by atoms with Crippen molar-refractivity contribution < 1.29 is 29.3 Å². The molecule has 0 saturated heterocycles. The number of ether oxygens (including phenoxy) is 1. The first-order valence-corrected chi connectivity index (χ1v) is 10.4. The second-order valence-electron chi connectivity index (χ2n) is 7.80. The molecule has 0 aliphatic heterocycles. The Morgan fingerprint density at radius 3 is 2.83 bits per heavy atom. The van der Waals surface area contributed by atoms with E-state index < -0.39 is 18.3 Å². The Bertz CT molecular complexity index is 850. The Morgan fingerprint density at radius 1 is 1.27 bits per heavy atom. The normalized spacial score (nSPS) is 25.5. The van der Waals surface area contributed by atoms with Gasteiger partial charge in [0, 0.05) is 24.1 Å². The van der Waals surface area contributed by atoms with Crippen LogP contribution in [-0.2, 0) is 9.53 Å². The van der Waals surface area contributed by atoms with Crippen LogP contribution in [0.1, 0.15) is 44.0 Å². The van der Waals surface area contributed by atoms with Gasteiger partial charge < -0.3 is 24.5 Å². The zero-order valence-corrected chi connectivity index (χ0v) is 17.2. The van der Waals surface area contributed by atoms with Gasteiger partial charge in [-0.05, 0) is 37.3 Å². The number of hydrogen-bond acceptors (Lipinski definition) is 6. The average molecular weight is 414 g/mol. The Morgan fingerprint density at radius 2 is 2.07 bits per heavy atom. The van der Waals surface area contributed by atoms with Gasteiger partial charge in [-0.25, -0.2) is 0 Å². The van der Waals surface area contributed by atoms with Gasteiger partial charge in [-0.2, -0.15) is 0 Å². The minimum atomic E-state index is -0.920. The van der Waals surface area contributed by atoms with Crippen LogP contribution in [0.5, 0.6) is 0 Å². The van der Waals surface area contributed by atoms with Crippen LogP contribution in [0, 0.1) is 11.8 Å². The Kier molecular flexibility index (Phi) is 7.85. The summed E-state index contributed by atoms with van der Waals surface area (Å²) in [6.07, 6.45) is 8.00. The zero-order valence-electron chi connectivity index (χ0n) is 17.2.